The molecular formula is C36H55NO11. The highest BCUT2D eigenvalue weighted by Crippen LogP contribution is 2.77. The van der Waals surface area contributed by atoms with E-state index in [9.17, 15) is 34.8 Å². The predicted molar refractivity (Wildman–Crippen MR) is 169 cm³/mol. The summed E-state index contributed by atoms with van der Waals surface area (Å²) in [6, 6.07) is -0.216. The first-order chi connectivity index (χ1) is 22.4. The maximum atomic E-state index is 13.6. The molecule has 12 heteroatoms. The number of hydrogen-bond donors (Lipinski definition) is 4. The second-order valence-electron chi connectivity index (χ2n) is 17.1. The van der Waals surface area contributed by atoms with Gasteiger partial charge in [-0.15, -0.1) is 0 Å². The maximum absolute atomic E-state index is 13.6. The third kappa shape index (κ3) is 4.37. The molecule has 17 atom stereocenters. The second kappa shape index (κ2) is 11.1. The monoisotopic (exact) mass is 677 g/mol. The van der Waals surface area contributed by atoms with Crippen LogP contribution >= 0.6 is 0 Å². The van der Waals surface area contributed by atoms with Gasteiger partial charge in [0.05, 0.1) is 29.1 Å². The van der Waals surface area contributed by atoms with Crippen molar-refractivity contribution in [2.24, 2.45) is 46.8 Å². The summed E-state index contributed by atoms with van der Waals surface area (Å²) in [5, 5.41) is 50.9. The first-order valence-electron chi connectivity index (χ1n) is 18.2. The van der Waals surface area contributed by atoms with Crippen molar-refractivity contribution in [2.75, 3.05) is 13.1 Å². The molecule has 48 heavy (non-hydrogen) atoms. The fraction of sp³-hybridized carbons (Fsp3) is 0.917. The van der Waals surface area contributed by atoms with Crippen molar-refractivity contribution in [3.05, 3.63) is 0 Å². The molecule has 0 radical (unpaired) electrons. The Hall–Kier alpha value is -1.83. The van der Waals surface area contributed by atoms with E-state index in [0.29, 0.717) is 31.7 Å². The number of rotatable bonds is 5. The molecule has 0 aromatic carbocycles. The summed E-state index contributed by atoms with van der Waals surface area (Å²) >= 11 is 0. The Morgan fingerprint density at radius 3 is 2.33 bits per heavy atom. The van der Waals surface area contributed by atoms with Crippen LogP contribution < -0.4 is 0 Å². The molecular weight excluding hydrogens is 622 g/mol. The Morgan fingerprint density at radius 1 is 1.00 bits per heavy atom. The standard InChI is InChI=1S/C36H55NO11/c1-8-18(3)31(41)47-30-28(40)27-21(16-37-15-17(2)9-10-25(37)33(27,7)42)22-14-34-29(35(22,30)43)23(45-19(4)38)13-24-32(34,6)12-11-26(46-20(5)39)36(24,44)48-34/h17-18,21-30,40,42-44H,8-16H2,1-7H3/t17-,18+,21-,22-,23+,24-,25-,26-,27+,28+,29+,30-,32-,33?,34+,35-,36-/m0/s1. The molecule has 270 valence electrons. The van der Waals surface area contributed by atoms with Gasteiger partial charge in [0.15, 0.2) is 12.2 Å². The molecule has 7 fully saturated rings. The van der Waals surface area contributed by atoms with Crippen LogP contribution in [0.3, 0.4) is 0 Å². The second-order valence-corrected chi connectivity index (χ2v) is 17.1. The number of aliphatic hydroxyl groups is 4. The summed E-state index contributed by atoms with van der Waals surface area (Å²) < 4.78 is 24.8. The van der Waals surface area contributed by atoms with E-state index in [2.05, 4.69) is 11.8 Å². The van der Waals surface area contributed by atoms with Gasteiger partial charge in [0.25, 0.3) is 0 Å². The summed E-state index contributed by atoms with van der Waals surface area (Å²) in [7, 11) is 0. The lowest BCUT2D eigenvalue weighted by Crippen LogP contribution is -2.77. The zero-order chi connectivity index (χ0) is 34.9. The van der Waals surface area contributed by atoms with Crippen LogP contribution in [0.2, 0.25) is 0 Å². The van der Waals surface area contributed by atoms with Crippen molar-refractivity contribution in [3.8, 4) is 0 Å². The molecule has 3 aliphatic heterocycles. The lowest BCUT2D eigenvalue weighted by Gasteiger charge is -2.64. The van der Waals surface area contributed by atoms with Gasteiger partial charge in [0, 0.05) is 50.2 Å². The molecule has 4 aliphatic carbocycles. The van der Waals surface area contributed by atoms with E-state index >= 15 is 0 Å². The van der Waals surface area contributed by atoms with E-state index in [1.165, 1.54) is 13.8 Å². The average Bonchev–Trinajstić information content (AvgIpc) is 3.27. The first kappa shape index (κ1) is 34.6. The van der Waals surface area contributed by atoms with Gasteiger partial charge in [-0.25, -0.2) is 0 Å². The van der Waals surface area contributed by atoms with Gasteiger partial charge in [0.2, 0.25) is 5.79 Å². The average molecular weight is 678 g/mol. The topological polar surface area (TPSA) is 172 Å². The predicted octanol–water partition coefficient (Wildman–Crippen LogP) is 1.92. The number of aliphatic hydroxyl groups excluding tert-OH is 1. The van der Waals surface area contributed by atoms with Crippen LogP contribution in [0.15, 0.2) is 0 Å². The summed E-state index contributed by atoms with van der Waals surface area (Å²) in [4.78, 5) is 40.8. The van der Waals surface area contributed by atoms with E-state index in [0.717, 1.165) is 19.4 Å². The van der Waals surface area contributed by atoms with Crippen molar-refractivity contribution in [1.82, 2.24) is 4.90 Å². The normalized spacial score (nSPS) is 54.2. The van der Waals surface area contributed by atoms with E-state index < -0.39 is 106 Å². The van der Waals surface area contributed by atoms with Gasteiger partial charge in [-0.1, -0.05) is 27.7 Å². The van der Waals surface area contributed by atoms with Gasteiger partial charge in [0.1, 0.15) is 11.7 Å². The van der Waals surface area contributed by atoms with Gasteiger partial charge < -0.3 is 39.4 Å². The fourth-order valence-electron chi connectivity index (χ4n) is 12.6. The van der Waals surface area contributed by atoms with Crippen molar-refractivity contribution in [2.45, 2.75) is 146 Å². The quantitative estimate of drug-likeness (QED) is 0.247. The Labute approximate surface area is 282 Å². The van der Waals surface area contributed by atoms with Crippen molar-refractivity contribution in [1.29, 1.82) is 0 Å². The maximum Gasteiger partial charge on any atom is 0.309 e. The van der Waals surface area contributed by atoms with Gasteiger partial charge in [-0.05, 0) is 69.6 Å². The van der Waals surface area contributed by atoms with Crippen LogP contribution in [-0.2, 0) is 33.3 Å². The molecule has 4 saturated carbocycles. The Balaban J connectivity index is 1.42. The first-order valence-corrected chi connectivity index (χ1v) is 18.2. The highest BCUT2D eigenvalue weighted by Gasteiger charge is 2.87. The molecule has 4 bridgehead atoms. The molecule has 12 nitrogen and oxygen atoms in total. The number of carbonyl (C=O) groups excluding carboxylic acids is 3. The molecule has 0 amide bonds. The minimum atomic E-state index is -1.95. The zero-order valence-corrected chi connectivity index (χ0v) is 29.4. The van der Waals surface area contributed by atoms with E-state index in [1.54, 1.807) is 13.8 Å². The largest absolute Gasteiger partial charge is 0.462 e. The third-order valence-corrected chi connectivity index (χ3v) is 14.6. The molecule has 3 heterocycles. The van der Waals surface area contributed by atoms with Crippen LogP contribution in [0.5, 0.6) is 0 Å². The SMILES string of the molecule is CC[C@@H](C)C(=O)O[C@H]1[C@H](O)[C@H]2[C@@H](CN3C[C@@H](C)CC[C@H]3C2(C)O)[C@@H]2C[C@]34O[C@]5(O)[C@@H](OC(C)=O)CC[C@@]3(C)[C@@H]5C[C@@H](OC(C)=O)[C@H]4[C@@]21O. The highest BCUT2D eigenvalue weighted by molar-refractivity contribution is 5.72. The number of carbonyl (C=O) groups is 3. The van der Waals surface area contributed by atoms with Gasteiger partial charge in [-0.2, -0.15) is 0 Å². The number of esters is 3. The number of piperidine rings is 2. The third-order valence-electron chi connectivity index (χ3n) is 14.6. The summed E-state index contributed by atoms with van der Waals surface area (Å²) in [5.41, 5.74) is -5.37. The highest BCUT2D eigenvalue weighted by atomic mass is 16.7. The van der Waals surface area contributed by atoms with E-state index in [-0.39, 0.29) is 18.9 Å². The van der Waals surface area contributed by atoms with E-state index in [4.69, 9.17) is 18.9 Å². The minimum absolute atomic E-state index is 0.117. The molecule has 7 aliphatic rings. The van der Waals surface area contributed by atoms with Gasteiger partial charge >= 0.3 is 17.9 Å². The number of hydrogen-bond acceptors (Lipinski definition) is 12. The van der Waals surface area contributed by atoms with Crippen LogP contribution in [0.1, 0.15) is 93.4 Å². The summed E-state index contributed by atoms with van der Waals surface area (Å²) in [6.45, 7) is 13.4. The minimum Gasteiger partial charge on any atom is -0.462 e. The molecule has 0 aromatic heterocycles. The van der Waals surface area contributed by atoms with E-state index in [1.807, 2.05) is 13.8 Å². The summed E-state index contributed by atoms with van der Waals surface area (Å²) in [5.74, 6) is -7.16. The van der Waals surface area contributed by atoms with Crippen molar-refractivity contribution in [3.63, 3.8) is 0 Å². The fourth-order valence-corrected chi connectivity index (χ4v) is 12.6. The van der Waals surface area contributed by atoms with Crippen molar-refractivity contribution >= 4 is 17.9 Å². The molecule has 1 unspecified atom stereocenters. The van der Waals surface area contributed by atoms with Crippen LogP contribution in [-0.4, -0.2) is 109 Å². The molecule has 0 aromatic rings. The molecule has 3 saturated heterocycles. The Kier molecular flexibility index (Phi) is 7.99. The number of fused-ring (bicyclic) bond motifs is 5. The smallest absolute Gasteiger partial charge is 0.309 e. The molecule has 1 spiro atoms. The lowest BCUT2D eigenvalue weighted by molar-refractivity contribution is -0.300. The molecule has 7 rings (SSSR count). The Bertz CT molecular complexity index is 1360. The van der Waals surface area contributed by atoms with Gasteiger partial charge in [-0.3, -0.25) is 19.3 Å². The number of ether oxygens (including phenoxy) is 4. The van der Waals surface area contributed by atoms with Crippen molar-refractivity contribution < 1.29 is 53.8 Å². The van der Waals surface area contributed by atoms with Crippen LogP contribution in [0.4, 0.5) is 0 Å². The summed E-state index contributed by atoms with van der Waals surface area (Å²) in [6.07, 6.45) is -1.47. The van der Waals surface area contributed by atoms with Crippen LogP contribution in [0, 0.1) is 46.8 Å². The molecule has 4 N–H and O–H groups in total. The lowest BCUT2D eigenvalue weighted by atomic mass is 9.49. The van der Waals surface area contributed by atoms with Crippen LogP contribution in [0.25, 0.3) is 0 Å². The number of nitrogens with zero attached hydrogens (tertiary/aromatic N) is 1. The Morgan fingerprint density at radius 2 is 1.69 bits per heavy atom. The zero-order valence-electron chi connectivity index (χ0n) is 29.4.